The Morgan fingerprint density at radius 3 is 1.31 bits per heavy atom. The topological polar surface area (TPSA) is 169 Å². The molecule has 0 aliphatic carbocycles. The van der Waals surface area contributed by atoms with Gasteiger partial charge in [-0.15, -0.1) is 0 Å². The van der Waals surface area contributed by atoms with Crippen LogP contribution in [0.15, 0.2) is 48.6 Å². The molecule has 0 aromatic heterocycles. The Hall–Kier alpha value is -2.56. The molecule has 0 aliphatic rings. The summed E-state index contributed by atoms with van der Waals surface area (Å²) in [4.78, 5) is 46.1. The minimum atomic E-state index is -4.76. The van der Waals surface area contributed by atoms with Gasteiger partial charge in [0.05, 0.1) is 13.2 Å². The van der Waals surface area contributed by atoms with Gasteiger partial charge in [-0.05, 0) is 77.0 Å². The van der Waals surface area contributed by atoms with Gasteiger partial charge in [-0.2, -0.15) is 0 Å². The molecule has 12 heteroatoms. The average Bonchev–Trinajstić information content (AvgIpc) is 3.28. The third kappa shape index (κ3) is 47.7. The van der Waals surface area contributed by atoms with E-state index in [4.69, 9.17) is 13.8 Å². The molecular weight excluding hydrogens is 842 g/mol. The summed E-state index contributed by atoms with van der Waals surface area (Å²) in [6, 6.07) is -1.55. The molecule has 0 saturated heterocycles. The van der Waals surface area contributed by atoms with E-state index in [0.29, 0.717) is 12.8 Å². The number of esters is 1. The normalized spacial score (nSPS) is 13.9. The van der Waals surface area contributed by atoms with Gasteiger partial charge in [0.2, 0.25) is 5.91 Å². The van der Waals surface area contributed by atoms with Crippen LogP contribution < -0.4 is 5.32 Å². The Kier molecular flexibility index (Phi) is 46.0. The highest BCUT2D eigenvalue weighted by Crippen LogP contribution is 2.43. The summed E-state index contributed by atoms with van der Waals surface area (Å²) in [6.07, 6.45) is 55.6. The number of phosphoric ester groups is 1. The maximum absolute atomic E-state index is 12.4. The van der Waals surface area contributed by atoms with Gasteiger partial charge in [-0.25, -0.2) is 9.36 Å². The molecule has 0 saturated carbocycles. The second-order valence-electron chi connectivity index (χ2n) is 17.7. The number of allylic oxidation sites excluding steroid dienone is 8. The Morgan fingerprint density at radius 1 is 0.492 bits per heavy atom. The molecule has 0 fully saturated rings. The van der Waals surface area contributed by atoms with E-state index < -0.39 is 57.6 Å². The van der Waals surface area contributed by atoms with Crippen molar-refractivity contribution in [3.63, 3.8) is 0 Å². The SMILES string of the molecule is CCCCC/C=C\C/C=C\C/C=C\CCCCCCCCCCCCC(=O)OCC(O)COP(=O)(O)OCC(NC(=O)CCCCCCCCC/C=C\CCCCCCCCC)C(=O)O. The lowest BCUT2D eigenvalue weighted by Gasteiger charge is -2.18. The van der Waals surface area contributed by atoms with Gasteiger partial charge in [0.25, 0.3) is 0 Å². The first-order valence-corrected chi connectivity index (χ1v) is 27.7. The van der Waals surface area contributed by atoms with Gasteiger partial charge in [0, 0.05) is 12.8 Å². The number of phosphoric acid groups is 1. The highest BCUT2D eigenvalue weighted by molar-refractivity contribution is 7.47. The number of carbonyl (C=O) groups excluding carboxylic acids is 2. The summed E-state index contributed by atoms with van der Waals surface area (Å²) in [7, 11) is -4.76. The molecule has 378 valence electrons. The van der Waals surface area contributed by atoms with Crippen molar-refractivity contribution < 1.29 is 47.8 Å². The number of amides is 1. The van der Waals surface area contributed by atoms with Crippen LogP contribution in [0.4, 0.5) is 0 Å². The minimum absolute atomic E-state index is 0.140. The van der Waals surface area contributed by atoms with Gasteiger partial charge >= 0.3 is 19.8 Å². The van der Waals surface area contributed by atoms with Crippen LogP contribution in [0.5, 0.6) is 0 Å². The number of rotatable bonds is 49. The van der Waals surface area contributed by atoms with Gasteiger partial charge in [-0.1, -0.05) is 197 Å². The summed E-state index contributed by atoms with van der Waals surface area (Å²) in [5, 5.41) is 21.9. The van der Waals surface area contributed by atoms with Crippen LogP contribution in [-0.2, 0) is 32.7 Å². The smallest absolute Gasteiger partial charge is 0.472 e. The van der Waals surface area contributed by atoms with E-state index in [9.17, 15) is 34.1 Å². The summed E-state index contributed by atoms with van der Waals surface area (Å²) >= 11 is 0. The van der Waals surface area contributed by atoms with Gasteiger partial charge < -0.3 is 25.2 Å². The number of aliphatic carboxylic acids is 1. The summed E-state index contributed by atoms with van der Waals surface area (Å²) < 4.78 is 27.0. The predicted molar refractivity (Wildman–Crippen MR) is 268 cm³/mol. The van der Waals surface area contributed by atoms with Crippen molar-refractivity contribution >= 4 is 25.7 Å². The van der Waals surface area contributed by atoms with Crippen LogP contribution in [0.1, 0.15) is 239 Å². The second kappa shape index (κ2) is 47.9. The third-order valence-corrected chi connectivity index (χ3v) is 12.3. The first-order chi connectivity index (χ1) is 31.6. The summed E-state index contributed by atoms with van der Waals surface area (Å²) in [5.74, 6) is -2.38. The molecular formula is C53H96NO10P. The fraction of sp³-hybridized carbons (Fsp3) is 0.792. The van der Waals surface area contributed by atoms with Gasteiger partial charge in [-0.3, -0.25) is 18.6 Å². The number of nitrogens with one attached hydrogen (secondary N) is 1. The van der Waals surface area contributed by atoms with Crippen molar-refractivity contribution in [2.45, 2.75) is 251 Å². The Labute approximate surface area is 396 Å². The lowest BCUT2D eigenvalue weighted by atomic mass is 10.1. The van der Waals surface area contributed by atoms with Crippen LogP contribution >= 0.6 is 7.82 Å². The highest BCUT2D eigenvalue weighted by Gasteiger charge is 2.28. The van der Waals surface area contributed by atoms with E-state index in [1.54, 1.807) is 0 Å². The number of aliphatic hydroxyl groups is 1. The lowest BCUT2D eigenvalue weighted by molar-refractivity contribution is -0.147. The number of carbonyl (C=O) groups is 3. The zero-order chi connectivity index (χ0) is 47.7. The fourth-order valence-electron chi connectivity index (χ4n) is 7.26. The number of aliphatic hydroxyl groups excluding tert-OH is 1. The predicted octanol–water partition coefficient (Wildman–Crippen LogP) is 14.5. The van der Waals surface area contributed by atoms with Crippen LogP contribution in [0.25, 0.3) is 0 Å². The largest absolute Gasteiger partial charge is 0.480 e. The molecule has 1 amide bonds. The number of carboxylic acid groups (broad SMARTS) is 1. The minimum Gasteiger partial charge on any atom is -0.480 e. The van der Waals surface area contributed by atoms with Gasteiger partial charge in [0.1, 0.15) is 12.7 Å². The van der Waals surface area contributed by atoms with Crippen molar-refractivity contribution in [3.05, 3.63) is 48.6 Å². The molecule has 0 heterocycles. The third-order valence-electron chi connectivity index (χ3n) is 11.3. The number of ether oxygens (including phenoxy) is 1. The summed E-state index contributed by atoms with van der Waals surface area (Å²) in [6.45, 7) is 2.59. The molecule has 0 aromatic rings. The van der Waals surface area contributed by atoms with Crippen LogP contribution in [-0.4, -0.2) is 64.9 Å². The van der Waals surface area contributed by atoms with Gasteiger partial charge in [0.15, 0.2) is 6.04 Å². The maximum atomic E-state index is 12.4. The molecule has 0 aliphatic heterocycles. The van der Waals surface area contributed by atoms with Crippen molar-refractivity contribution in [1.29, 1.82) is 0 Å². The quantitative estimate of drug-likeness (QED) is 0.0199. The van der Waals surface area contributed by atoms with Crippen LogP contribution in [0.2, 0.25) is 0 Å². The average molecular weight is 938 g/mol. The second-order valence-corrected chi connectivity index (χ2v) is 19.2. The Morgan fingerprint density at radius 2 is 0.846 bits per heavy atom. The molecule has 0 rings (SSSR count). The first-order valence-electron chi connectivity index (χ1n) is 26.2. The van der Waals surface area contributed by atoms with Crippen LogP contribution in [0.3, 0.4) is 0 Å². The van der Waals surface area contributed by atoms with Crippen molar-refractivity contribution in [3.8, 4) is 0 Å². The zero-order valence-electron chi connectivity index (χ0n) is 41.3. The molecule has 0 radical (unpaired) electrons. The van der Waals surface area contributed by atoms with E-state index >= 15 is 0 Å². The van der Waals surface area contributed by atoms with E-state index in [1.807, 2.05) is 0 Å². The Balaban J connectivity index is 3.82. The van der Waals surface area contributed by atoms with Crippen molar-refractivity contribution in [2.75, 3.05) is 19.8 Å². The molecule has 3 unspecified atom stereocenters. The molecule has 0 spiro atoms. The van der Waals surface area contributed by atoms with E-state index in [2.05, 4.69) is 67.8 Å². The fourth-order valence-corrected chi connectivity index (χ4v) is 8.03. The molecule has 4 N–H and O–H groups in total. The molecule has 0 aromatic carbocycles. The van der Waals surface area contributed by atoms with E-state index in [-0.39, 0.29) is 12.8 Å². The van der Waals surface area contributed by atoms with Crippen molar-refractivity contribution in [2.24, 2.45) is 0 Å². The molecule has 65 heavy (non-hydrogen) atoms. The highest BCUT2D eigenvalue weighted by atomic mass is 31.2. The summed E-state index contributed by atoms with van der Waals surface area (Å²) in [5.41, 5.74) is 0. The standard InChI is InChI=1S/C53H96NO10P/c1-3-5-7-9-11-13-15-17-19-21-23-24-25-26-27-29-31-33-35-37-39-41-43-45-52(57)62-46-49(55)47-63-65(60,61)64-48-50(53(58)59)54-51(56)44-42-40-38-36-34-32-30-28-22-20-18-16-14-12-10-8-6-4-2/h11,13,17,19-20,22-24,49-50,55H,3-10,12,14-16,18,21,25-48H2,1-2H3,(H,54,56)(H,58,59)(H,60,61)/b13-11-,19-17-,22-20-,24-23-. The first kappa shape index (κ1) is 62.4. The monoisotopic (exact) mass is 938 g/mol. The van der Waals surface area contributed by atoms with E-state index in [0.717, 1.165) is 70.6 Å². The number of hydrogen-bond acceptors (Lipinski definition) is 8. The molecule has 3 atom stereocenters. The zero-order valence-corrected chi connectivity index (χ0v) is 42.2. The van der Waals surface area contributed by atoms with Crippen LogP contribution in [0, 0.1) is 0 Å². The molecule has 0 bridgehead atoms. The maximum Gasteiger partial charge on any atom is 0.472 e. The molecule has 11 nitrogen and oxygen atoms in total. The number of unbranched alkanes of at least 4 members (excludes halogenated alkanes) is 27. The Bertz CT molecular complexity index is 1280. The number of hydrogen-bond donors (Lipinski definition) is 4. The van der Waals surface area contributed by atoms with Crippen molar-refractivity contribution in [1.82, 2.24) is 5.32 Å². The lowest BCUT2D eigenvalue weighted by Crippen LogP contribution is -2.43. The number of carboxylic acids is 1. The van der Waals surface area contributed by atoms with E-state index in [1.165, 1.54) is 128 Å².